The topological polar surface area (TPSA) is 89.9 Å². The highest BCUT2D eigenvalue weighted by Gasteiger charge is 2.23. The zero-order valence-corrected chi connectivity index (χ0v) is 13.9. The summed E-state index contributed by atoms with van der Waals surface area (Å²) in [5, 5.41) is 12.4. The van der Waals surface area contributed by atoms with Gasteiger partial charge in [-0.25, -0.2) is 4.68 Å². The van der Waals surface area contributed by atoms with Crippen LogP contribution in [0.25, 0.3) is 23.0 Å². The lowest BCUT2D eigenvalue weighted by Gasteiger charge is -2.30. The highest BCUT2D eigenvalue weighted by atomic mass is 16.5. The zero-order chi connectivity index (χ0) is 17.2. The van der Waals surface area contributed by atoms with Crippen molar-refractivity contribution in [1.82, 2.24) is 30.0 Å². The van der Waals surface area contributed by atoms with Crippen LogP contribution in [0.2, 0.25) is 0 Å². The van der Waals surface area contributed by atoms with Gasteiger partial charge in [0.05, 0.1) is 12.2 Å². The minimum Gasteiger partial charge on any atom is -0.343 e. The second kappa shape index (κ2) is 6.46. The van der Waals surface area contributed by atoms with Crippen molar-refractivity contribution in [2.45, 2.75) is 25.8 Å². The second-order valence-corrected chi connectivity index (χ2v) is 6.11. The molecule has 0 saturated carbocycles. The summed E-state index contributed by atoms with van der Waals surface area (Å²) >= 11 is 0. The number of piperidine rings is 1. The van der Waals surface area contributed by atoms with Crippen molar-refractivity contribution in [1.29, 1.82) is 0 Å². The van der Waals surface area contributed by atoms with E-state index in [-0.39, 0.29) is 11.9 Å². The molecule has 0 radical (unpaired) electrons. The van der Waals surface area contributed by atoms with Gasteiger partial charge in [0, 0.05) is 25.6 Å². The molecule has 0 atom stereocenters. The Morgan fingerprint density at radius 3 is 2.68 bits per heavy atom. The van der Waals surface area contributed by atoms with Gasteiger partial charge in [0.2, 0.25) is 11.7 Å². The van der Waals surface area contributed by atoms with E-state index in [4.69, 9.17) is 4.52 Å². The Balaban J connectivity index is 1.49. The summed E-state index contributed by atoms with van der Waals surface area (Å²) in [6.07, 6.45) is 3.57. The quantitative estimate of drug-likeness (QED) is 0.727. The highest BCUT2D eigenvalue weighted by Crippen LogP contribution is 2.24. The van der Waals surface area contributed by atoms with E-state index in [0.29, 0.717) is 17.4 Å². The number of nitrogens with zero attached hydrogens (tertiary/aromatic N) is 6. The lowest BCUT2D eigenvalue weighted by Crippen LogP contribution is -2.37. The molecule has 25 heavy (non-hydrogen) atoms. The largest absolute Gasteiger partial charge is 0.343 e. The Bertz CT molecular complexity index is 864. The van der Waals surface area contributed by atoms with E-state index in [1.54, 1.807) is 6.92 Å². The smallest absolute Gasteiger partial charge is 0.258 e. The van der Waals surface area contributed by atoms with E-state index in [9.17, 15) is 4.79 Å². The van der Waals surface area contributed by atoms with Crippen LogP contribution in [0.4, 0.5) is 0 Å². The Morgan fingerprint density at radius 1 is 1.20 bits per heavy atom. The lowest BCUT2D eigenvalue weighted by molar-refractivity contribution is -0.130. The maximum absolute atomic E-state index is 11.4. The van der Waals surface area contributed by atoms with Crippen molar-refractivity contribution in [3.8, 4) is 23.0 Å². The minimum atomic E-state index is 0.123. The first-order chi connectivity index (χ1) is 12.2. The zero-order valence-electron chi connectivity index (χ0n) is 13.9. The highest BCUT2D eigenvalue weighted by molar-refractivity contribution is 5.73. The van der Waals surface area contributed by atoms with E-state index >= 15 is 0 Å². The summed E-state index contributed by atoms with van der Waals surface area (Å²) in [5.41, 5.74) is 1.45. The number of rotatable bonds is 3. The van der Waals surface area contributed by atoms with Crippen molar-refractivity contribution in [3.05, 3.63) is 36.5 Å². The van der Waals surface area contributed by atoms with Gasteiger partial charge in [0.1, 0.15) is 0 Å². The number of amides is 1. The van der Waals surface area contributed by atoms with Crippen molar-refractivity contribution >= 4 is 5.91 Å². The summed E-state index contributed by atoms with van der Waals surface area (Å²) in [5.74, 6) is 1.00. The van der Waals surface area contributed by atoms with Crippen LogP contribution in [0.1, 0.15) is 25.8 Å². The molecule has 0 N–H and O–H groups in total. The van der Waals surface area contributed by atoms with E-state index in [2.05, 4.69) is 20.5 Å². The van der Waals surface area contributed by atoms with E-state index < -0.39 is 0 Å². The first-order valence-corrected chi connectivity index (χ1v) is 8.27. The number of likely N-dealkylation sites (tertiary alicyclic amines) is 1. The van der Waals surface area contributed by atoms with Gasteiger partial charge in [-0.05, 0) is 25.0 Å². The van der Waals surface area contributed by atoms with Crippen molar-refractivity contribution < 1.29 is 9.32 Å². The number of carbonyl (C=O) groups is 1. The molecule has 0 unspecified atom stereocenters. The van der Waals surface area contributed by atoms with Gasteiger partial charge < -0.3 is 9.42 Å². The van der Waals surface area contributed by atoms with Crippen molar-refractivity contribution in [3.63, 3.8) is 0 Å². The fourth-order valence-corrected chi connectivity index (χ4v) is 3.03. The van der Waals surface area contributed by atoms with Crippen LogP contribution in [0.3, 0.4) is 0 Å². The predicted octanol–water partition coefficient (Wildman–Crippen LogP) is 2.18. The van der Waals surface area contributed by atoms with E-state index in [1.165, 1.54) is 0 Å². The molecular formula is C17H18N6O2. The Labute approximate surface area is 144 Å². The van der Waals surface area contributed by atoms with Crippen LogP contribution < -0.4 is 0 Å². The van der Waals surface area contributed by atoms with E-state index in [0.717, 1.165) is 31.5 Å². The Hall–Kier alpha value is -3.03. The molecule has 0 bridgehead atoms. The molecule has 0 aliphatic carbocycles. The van der Waals surface area contributed by atoms with Crippen molar-refractivity contribution in [2.75, 3.05) is 13.1 Å². The molecule has 3 aromatic rings. The molecule has 3 heterocycles. The molecule has 1 aromatic carbocycles. The molecule has 4 rings (SSSR count). The summed E-state index contributed by atoms with van der Waals surface area (Å²) in [6, 6.07) is 9.83. The minimum absolute atomic E-state index is 0.123. The molecule has 1 aliphatic rings. The van der Waals surface area contributed by atoms with Gasteiger partial charge in [0.25, 0.3) is 5.89 Å². The number of hydrogen-bond acceptors (Lipinski definition) is 6. The molecule has 1 aliphatic heterocycles. The normalized spacial score (nSPS) is 15.5. The van der Waals surface area contributed by atoms with Crippen LogP contribution in [0.15, 0.2) is 41.1 Å². The van der Waals surface area contributed by atoms with Gasteiger partial charge in [-0.2, -0.15) is 4.98 Å². The fraction of sp³-hybridized carbons (Fsp3) is 0.353. The average Bonchev–Trinajstić information content (AvgIpc) is 3.32. The van der Waals surface area contributed by atoms with E-state index in [1.807, 2.05) is 46.1 Å². The monoisotopic (exact) mass is 338 g/mol. The van der Waals surface area contributed by atoms with Crippen LogP contribution in [0.5, 0.6) is 0 Å². The van der Waals surface area contributed by atoms with Gasteiger partial charge in [0.15, 0.2) is 5.69 Å². The summed E-state index contributed by atoms with van der Waals surface area (Å²) in [4.78, 5) is 17.7. The number of carbonyl (C=O) groups excluding carboxylic acids is 1. The third-order valence-electron chi connectivity index (χ3n) is 4.47. The third kappa shape index (κ3) is 3.15. The number of benzene rings is 1. The molecule has 1 saturated heterocycles. The van der Waals surface area contributed by atoms with Gasteiger partial charge >= 0.3 is 0 Å². The molecule has 1 amide bonds. The third-order valence-corrected chi connectivity index (χ3v) is 4.47. The fourth-order valence-electron chi connectivity index (χ4n) is 3.03. The standard InChI is InChI=1S/C17H18N6O2/c1-12(24)22-9-7-14(8-10-22)23-11-15(19-21-23)16-18-17(25-20-16)13-5-3-2-4-6-13/h2-6,11,14H,7-10H2,1H3. The van der Waals surface area contributed by atoms with Crippen molar-refractivity contribution in [2.24, 2.45) is 0 Å². The number of aromatic nitrogens is 5. The molecule has 8 heteroatoms. The van der Waals surface area contributed by atoms with Gasteiger partial charge in [-0.1, -0.05) is 28.6 Å². The molecule has 1 fully saturated rings. The van der Waals surface area contributed by atoms with Crippen LogP contribution in [-0.2, 0) is 4.79 Å². The maximum atomic E-state index is 11.4. The average molecular weight is 338 g/mol. The molecule has 8 nitrogen and oxygen atoms in total. The molecule has 0 spiro atoms. The Morgan fingerprint density at radius 2 is 1.96 bits per heavy atom. The van der Waals surface area contributed by atoms with Crippen LogP contribution in [-0.4, -0.2) is 49.0 Å². The first kappa shape index (κ1) is 15.5. The Kier molecular flexibility index (Phi) is 4.01. The number of hydrogen-bond donors (Lipinski definition) is 0. The predicted molar refractivity (Wildman–Crippen MR) is 89.3 cm³/mol. The first-order valence-electron chi connectivity index (χ1n) is 8.27. The molecule has 128 valence electrons. The molecule has 2 aromatic heterocycles. The second-order valence-electron chi connectivity index (χ2n) is 6.11. The van der Waals surface area contributed by atoms with Crippen LogP contribution >= 0.6 is 0 Å². The maximum Gasteiger partial charge on any atom is 0.258 e. The molecular weight excluding hydrogens is 320 g/mol. The van der Waals surface area contributed by atoms with Gasteiger partial charge in [-0.15, -0.1) is 5.10 Å². The summed E-state index contributed by atoms with van der Waals surface area (Å²) in [6.45, 7) is 3.10. The van der Waals surface area contributed by atoms with Gasteiger partial charge in [-0.3, -0.25) is 4.79 Å². The summed E-state index contributed by atoms with van der Waals surface area (Å²) < 4.78 is 7.16. The van der Waals surface area contributed by atoms with Crippen LogP contribution in [0, 0.1) is 0 Å². The lowest BCUT2D eigenvalue weighted by atomic mass is 10.1. The summed E-state index contributed by atoms with van der Waals surface area (Å²) in [7, 11) is 0. The SMILES string of the molecule is CC(=O)N1CCC(n2cc(-c3noc(-c4ccccc4)n3)nn2)CC1.